The van der Waals surface area contributed by atoms with Crippen LogP contribution in [0, 0.1) is 0 Å². The van der Waals surface area contributed by atoms with Gasteiger partial charge in [0.15, 0.2) is 5.60 Å². The number of nitrogens with one attached hydrogen (secondary N) is 1. The zero-order chi connectivity index (χ0) is 17.4. The molecule has 1 amide bonds. The van der Waals surface area contributed by atoms with Gasteiger partial charge in [-0.05, 0) is 24.6 Å². The molecule has 1 saturated heterocycles. The molecule has 1 unspecified atom stereocenters. The summed E-state index contributed by atoms with van der Waals surface area (Å²) in [5.74, 6) is -0.625. The second-order valence-electron chi connectivity index (χ2n) is 5.49. The molecule has 1 aliphatic heterocycles. The van der Waals surface area contributed by atoms with E-state index in [1.807, 2.05) is 0 Å². The Labute approximate surface area is 139 Å². The predicted molar refractivity (Wildman–Crippen MR) is 87.1 cm³/mol. The van der Waals surface area contributed by atoms with Crippen molar-refractivity contribution in [3.8, 4) is 0 Å². The van der Waals surface area contributed by atoms with Crippen molar-refractivity contribution in [2.24, 2.45) is 0 Å². The highest BCUT2D eigenvalue weighted by molar-refractivity contribution is 7.86. The zero-order valence-electron chi connectivity index (χ0n) is 12.8. The molecule has 1 heterocycles. The number of rotatable bonds is 4. The number of nitrogens with zero attached hydrogens (tertiary/aromatic N) is 1. The van der Waals surface area contributed by atoms with Crippen molar-refractivity contribution in [1.29, 1.82) is 0 Å². The Hall–Kier alpha value is -2.42. The quantitative estimate of drug-likeness (QED) is 0.820. The standard InChI is InChI=1S/C16H16N2O5S/c1-16(12-8-4-2-5-9-12)14(19)18(15(23-16)24(20,21)22)17-13-10-6-3-7-11-13/h2-11,15,17H,1H3,(H,20,21,22)/t15-,16?/m1/s1. The van der Waals surface area contributed by atoms with Crippen LogP contribution in [-0.4, -0.2) is 29.4 Å². The molecule has 1 aliphatic rings. The molecule has 126 valence electrons. The topological polar surface area (TPSA) is 95.9 Å². The summed E-state index contributed by atoms with van der Waals surface area (Å²) in [6, 6.07) is 17.1. The first-order valence-corrected chi connectivity index (χ1v) is 8.68. The first-order chi connectivity index (χ1) is 11.3. The predicted octanol–water partition coefficient (Wildman–Crippen LogP) is 1.96. The molecule has 2 N–H and O–H groups in total. The minimum Gasteiger partial charge on any atom is -0.320 e. The van der Waals surface area contributed by atoms with E-state index in [2.05, 4.69) is 5.43 Å². The number of para-hydroxylation sites is 1. The van der Waals surface area contributed by atoms with Gasteiger partial charge in [0.2, 0.25) is 0 Å². The van der Waals surface area contributed by atoms with Crippen molar-refractivity contribution in [2.45, 2.75) is 18.1 Å². The Balaban J connectivity index is 2.01. The van der Waals surface area contributed by atoms with Gasteiger partial charge in [-0.1, -0.05) is 48.5 Å². The highest BCUT2D eigenvalue weighted by Gasteiger charge is 2.55. The molecule has 0 spiro atoms. The molecule has 7 nitrogen and oxygen atoms in total. The van der Waals surface area contributed by atoms with Gasteiger partial charge in [0.1, 0.15) is 0 Å². The van der Waals surface area contributed by atoms with Crippen molar-refractivity contribution in [3.63, 3.8) is 0 Å². The average Bonchev–Trinajstić information content (AvgIpc) is 2.83. The summed E-state index contributed by atoms with van der Waals surface area (Å²) < 4.78 is 38.3. The molecule has 2 aromatic rings. The third-order valence-electron chi connectivity index (χ3n) is 3.78. The largest absolute Gasteiger partial charge is 0.320 e. The van der Waals surface area contributed by atoms with Crippen molar-refractivity contribution in [2.75, 3.05) is 5.43 Å². The normalized spacial score (nSPS) is 24.2. The number of hydrogen-bond donors (Lipinski definition) is 2. The minimum absolute atomic E-state index is 0.486. The van der Waals surface area contributed by atoms with Crippen molar-refractivity contribution in [3.05, 3.63) is 66.2 Å². The van der Waals surface area contributed by atoms with Crippen LogP contribution in [0.2, 0.25) is 0 Å². The maximum atomic E-state index is 12.9. The molecule has 0 saturated carbocycles. The van der Waals surface area contributed by atoms with Crippen LogP contribution in [0.3, 0.4) is 0 Å². The maximum Gasteiger partial charge on any atom is 0.314 e. The summed E-state index contributed by atoms with van der Waals surface area (Å²) in [5, 5.41) is 0.789. The fourth-order valence-corrected chi connectivity index (χ4v) is 3.26. The summed E-state index contributed by atoms with van der Waals surface area (Å²) in [6.07, 6.45) is 0. The summed E-state index contributed by atoms with van der Waals surface area (Å²) in [6.45, 7) is 1.47. The van der Waals surface area contributed by atoms with E-state index in [0.717, 1.165) is 5.01 Å². The summed E-state index contributed by atoms with van der Waals surface area (Å²) in [7, 11) is -4.66. The Morgan fingerprint density at radius 1 is 1.08 bits per heavy atom. The Morgan fingerprint density at radius 2 is 1.62 bits per heavy atom. The SMILES string of the molecule is CC1(c2ccccc2)O[C@H](S(=O)(=O)O)N(Nc2ccccc2)C1=O. The lowest BCUT2D eigenvalue weighted by Gasteiger charge is -2.22. The zero-order valence-corrected chi connectivity index (χ0v) is 13.6. The van der Waals surface area contributed by atoms with Crippen LogP contribution in [0.1, 0.15) is 12.5 Å². The Kier molecular flexibility index (Phi) is 4.04. The van der Waals surface area contributed by atoms with Crippen molar-refractivity contribution < 1.29 is 22.5 Å². The van der Waals surface area contributed by atoms with Gasteiger partial charge in [-0.3, -0.25) is 14.8 Å². The van der Waals surface area contributed by atoms with Crippen molar-refractivity contribution >= 4 is 21.7 Å². The molecule has 0 bridgehead atoms. The fraction of sp³-hybridized carbons (Fsp3) is 0.188. The first-order valence-electron chi connectivity index (χ1n) is 7.17. The van der Waals surface area contributed by atoms with Crippen LogP contribution in [0.5, 0.6) is 0 Å². The summed E-state index contributed by atoms with van der Waals surface area (Å²) in [5.41, 5.74) is 0.276. The molecule has 2 atom stereocenters. The molecular weight excluding hydrogens is 332 g/mol. The van der Waals surface area contributed by atoms with Gasteiger partial charge in [-0.25, -0.2) is 5.01 Å². The van der Waals surface area contributed by atoms with Crippen LogP contribution in [0.15, 0.2) is 60.7 Å². The Bertz CT molecular complexity index is 841. The highest BCUT2D eigenvalue weighted by Crippen LogP contribution is 2.38. The molecule has 2 aromatic carbocycles. The van der Waals surface area contributed by atoms with Gasteiger partial charge in [-0.15, -0.1) is 0 Å². The number of benzene rings is 2. The third kappa shape index (κ3) is 2.86. The number of ether oxygens (including phenoxy) is 1. The van der Waals surface area contributed by atoms with Crippen LogP contribution in [0.4, 0.5) is 5.69 Å². The lowest BCUT2D eigenvalue weighted by atomic mass is 9.95. The van der Waals surface area contributed by atoms with E-state index in [-0.39, 0.29) is 0 Å². The van der Waals surface area contributed by atoms with E-state index in [0.29, 0.717) is 11.3 Å². The second kappa shape index (κ2) is 5.90. The van der Waals surface area contributed by atoms with E-state index < -0.39 is 27.2 Å². The summed E-state index contributed by atoms with van der Waals surface area (Å²) in [4.78, 5) is 12.9. The van der Waals surface area contributed by atoms with Crippen LogP contribution < -0.4 is 5.43 Å². The van der Waals surface area contributed by atoms with Gasteiger partial charge >= 0.3 is 10.1 Å². The van der Waals surface area contributed by atoms with E-state index in [4.69, 9.17) is 4.74 Å². The molecule has 0 aromatic heterocycles. The van der Waals surface area contributed by atoms with E-state index in [1.165, 1.54) is 6.92 Å². The number of hydrazine groups is 1. The monoisotopic (exact) mass is 348 g/mol. The number of anilines is 1. The first kappa shape index (κ1) is 16.4. The van der Waals surface area contributed by atoms with E-state index in [9.17, 15) is 17.8 Å². The van der Waals surface area contributed by atoms with Gasteiger partial charge in [-0.2, -0.15) is 8.42 Å². The van der Waals surface area contributed by atoms with Gasteiger partial charge in [0.25, 0.3) is 11.5 Å². The lowest BCUT2D eigenvalue weighted by molar-refractivity contribution is -0.135. The van der Waals surface area contributed by atoms with Gasteiger partial charge in [0, 0.05) is 0 Å². The minimum atomic E-state index is -4.66. The van der Waals surface area contributed by atoms with Crippen LogP contribution >= 0.6 is 0 Å². The molecule has 3 rings (SSSR count). The molecule has 24 heavy (non-hydrogen) atoms. The van der Waals surface area contributed by atoms with Crippen LogP contribution in [-0.2, 0) is 25.3 Å². The van der Waals surface area contributed by atoms with E-state index in [1.54, 1.807) is 60.7 Å². The molecule has 0 radical (unpaired) electrons. The lowest BCUT2D eigenvalue weighted by Crippen LogP contribution is -2.44. The fourth-order valence-electron chi connectivity index (χ4n) is 2.53. The molecule has 1 fully saturated rings. The second-order valence-corrected chi connectivity index (χ2v) is 6.93. The molecular formula is C16H16N2O5S. The number of carbonyl (C=O) groups excluding carboxylic acids is 1. The third-order valence-corrected chi connectivity index (χ3v) is 4.59. The van der Waals surface area contributed by atoms with E-state index >= 15 is 0 Å². The summed E-state index contributed by atoms with van der Waals surface area (Å²) >= 11 is 0. The highest BCUT2D eigenvalue weighted by atomic mass is 32.2. The number of carbonyl (C=O) groups is 1. The van der Waals surface area contributed by atoms with Gasteiger partial charge in [0.05, 0.1) is 5.69 Å². The van der Waals surface area contributed by atoms with Crippen molar-refractivity contribution in [1.82, 2.24) is 5.01 Å². The molecule has 8 heteroatoms. The number of hydrogen-bond acceptors (Lipinski definition) is 5. The van der Waals surface area contributed by atoms with Gasteiger partial charge < -0.3 is 4.74 Å². The number of amides is 1. The molecule has 0 aliphatic carbocycles. The Morgan fingerprint density at radius 3 is 2.17 bits per heavy atom. The van der Waals surface area contributed by atoms with Crippen LogP contribution in [0.25, 0.3) is 0 Å². The maximum absolute atomic E-state index is 12.9. The smallest absolute Gasteiger partial charge is 0.314 e. The average molecular weight is 348 g/mol.